The standard InChI is InChI=1S/C15H22Br2N2O2S2/c1-10-4-6-19(7-5-10)12-3-2-11(8-12)18-23(20,21)14-9-13(16)15(17)22-14/h9-12,18H,2-8H2,1H3/t11-,12+/m1/s1. The summed E-state index contributed by atoms with van der Waals surface area (Å²) in [6.07, 6.45) is 5.50. The van der Waals surface area contributed by atoms with Crippen LogP contribution in [0.5, 0.6) is 0 Å². The van der Waals surface area contributed by atoms with E-state index in [1.807, 2.05) is 0 Å². The second-order valence-electron chi connectivity index (χ2n) is 6.69. The molecule has 1 aliphatic heterocycles. The summed E-state index contributed by atoms with van der Waals surface area (Å²) in [6.45, 7) is 4.65. The summed E-state index contributed by atoms with van der Waals surface area (Å²) in [7, 11) is -3.42. The zero-order valence-corrected chi connectivity index (χ0v) is 17.9. The highest BCUT2D eigenvalue weighted by atomic mass is 79.9. The number of piperidine rings is 1. The van der Waals surface area contributed by atoms with Crippen LogP contribution in [0.15, 0.2) is 18.5 Å². The molecule has 0 unspecified atom stereocenters. The van der Waals surface area contributed by atoms with E-state index in [1.54, 1.807) is 6.07 Å². The summed E-state index contributed by atoms with van der Waals surface area (Å²) in [5, 5.41) is 0. The molecule has 1 aromatic heterocycles. The van der Waals surface area contributed by atoms with Gasteiger partial charge in [0.2, 0.25) is 10.0 Å². The van der Waals surface area contributed by atoms with Gasteiger partial charge in [0.15, 0.2) is 0 Å². The van der Waals surface area contributed by atoms with Crippen molar-refractivity contribution in [2.75, 3.05) is 13.1 Å². The van der Waals surface area contributed by atoms with E-state index >= 15 is 0 Å². The number of likely N-dealkylation sites (tertiary alicyclic amines) is 1. The highest BCUT2D eigenvalue weighted by Crippen LogP contribution is 2.35. The highest BCUT2D eigenvalue weighted by molar-refractivity contribution is 9.13. The molecule has 1 saturated heterocycles. The van der Waals surface area contributed by atoms with Gasteiger partial charge in [-0.15, -0.1) is 11.3 Å². The topological polar surface area (TPSA) is 49.4 Å². The molecule has 3 rings (SSSR count). The molecule has 2 fully saturated rings. The number of sulfonamides is 1. The number of nitrogens with one attached hydrogen (secondary N) is 1. The predicted molar refractivity (Wildman–Crippen MR) is 101 cm³/mol. The Balaban J connectivity index is 1.59. The van der Waals surface area contributed by atoms with Crippen molar-refractivity contribution in [1.82, 2.24) is 9.62 Å². The number of halogens is 2. The maximum absolute atomic E-state index is 12.5. The minimum absolute atomic E-state index is 0.0593. The lowest BCUT2D eigenvalue weighted by Crippen LogP contribution is -2.41. The van der Waals surface area contributed by atoms with Gasteiger partial charge in [-0.2, -0.15) is 0 Å². The molecule has 4 nitrogen and oxygen atoms in total. The van der Waals surface area contributed by atoms with E-state index in [0.29, 0.717) is 10.3 Å². The largest absolute Gasteiger partial charge is 0.300 e. The lowest BCUT2D eigenvalue weighted by atomic mass is 9.97. The molecule has 0 radical (unpaired) electrons. The zero-order valence-electron chi connectivity index (χ0n) is 13.1. The first-order valence-electron chi connectivity index (χ1n) is 8.06. The van der Waals surface area contributed by atoms with Gasteiger partial charge in [-0.3, -0.25) is 0 Å². The minimum Gasteiger partial charge on any atom is -0.300 e. The summed E-state index contributed by atoms with van der Waals surface area (Å²) in [5.74, 6) is 0.831. The second-order valence-corrected chi connectivity index (χ2v) is 11.9. The molecular weight excluding hydrogens is 464 g/mol. The first-order chi connectivity index (χ1) is 10.8. The normalized spacial score (nSPS) is 27.6. The maximum Gasteiger partial charge on any atom is 0.250 e. The molecule has 130 valence electrons. The van der Waals surface area contributed by atoms with Crippen molar-refractivity contribution < 1.29 is 8.42 Å². The van der Waals surface area contributed by atoms with Crippen LogP contribution >= 0.6 is 43.2 Å². The van der Waals surface area contributed by atoms with Crippen LogP contribution in [0.2, 0.25) is 0 Å². The van der Waals surface area contributed by atoms with Gasteiger partial charge in [0.1, 0.15) is 4.21 Å². The van der Waals surface area contributed by atoms with Gasteiger partial charge in [0, 0.05) is 16.6 Å². The molecule has 0 amide bonds. The fourth-order valence-electron chi connectivity index (χ4n) is 3.53. The number of rotatable bonds is 4. The van der Waals surface area contributed by atoms with Crippen LogP contribution in [0.1, 0.15) is 39.0 Å². The molecule has 2 heterocycles. The van der Waals surface area contributed by atoms with Gasteiger partial charge in [-0.25, -0.2) is 13.1 Å². The summed E-state index contributed by atoms with van der Waals surface area (Å²) >= 11 is 7.96. The molecule has 2 atom stereocenters. The molecular formula is C15H22Br2N2O2S2. The van der Waals surface area contributed by atoms with E-state index in [9.17, 15) is 8.42 Å². The molecule has 1 saturated carbocycles. The van der Waals surface area contributed by atoms with E-state index in [2.05, 4.69) is 48.4 Å². The van der Waals surface area contributed by atoms with Crippen molar-refractivity contribution in [3.8, 4) is 0 Å². The van der Waals surface area contributed by atoms with Crippen LogP contribution < -0.4 is 4.72 Å². The van der Waals surface area contributed by atoms with Gasteiger partial charge in [-0.05, 0) is 89.0 Å². The lowest BCUT2D eigenvalue weighted by Gasteiger charge is -2.35. The average molecular weight is 486 g/mol. The number of nitrogens with zero attached hydrogens (tertiary/aromatic N) is 1. The molecule has 0 spiro atoms. The van der Waals surface area contributed by atoms with Crippen molar-refractivity contribution in [2.45, 2.75) is 55.3 Å². The Labute approximate surface area is 159 Å². The molecule has 8 heteroatoms. The summed E-state index contributed by atoms with van der Waals surface area (Å²) in [6, 6.07) is 2.26. The van der Waals surface area contributed by atoms with E-state index in [-0.39, 0.29) is 6.04 Å². The van der Waals surface area contributed by atoms with Crippen molar-refractivity contribution in [2.24, 2.45) is 5.92 Å². The Kier molecular flexibility index (Phi) is 5.91. The Hall–Kier alpha value is 0.530. The molecule has 1 aliphatic carbocycles. The van der Waals surface area contributed by atoms with E-state index in [4.69, 9.17) is 0 Å². The van der Waals surface area contributed by atoms with Crippen LogP contribution in [0, 0.1) is 5.92 Å². The monoisotopic (exact) mass is 484 g/mol. The van der Waals surface area contributed by atoms with Gasteiger partial charge in [-0.1, -0.05) is 6.92 Å². The second kappa shape index (κ2) is 7.41. The Morgan fingerprint density at radius 2 is 1.91 bits per heavy atom. The smallest absolute Gasteiger partial charge is 0.250 e. The van der Waals surface area contributed by atoms with Gasteiger partial charge < -0.3 is 4.90 Å². The minimum atomic E-state index is -3.42. The van der Waals surface area contributed by atoms with E-state index < -0.39 is 10.0 Å². The first kappa shape index (κ1) is 18.3. The molecule has 1 aromatic rings. The van der Waals surface area contributed by atoms with Crippen LogP contribution in [-0.2, 0) is 10.0 Å². The Bertz CT molecular complexity index is 635. The summed E-state index contributed by atoms with van der Waals surface area (Å²) in [4.78, 5) is 2.56. The van der Waals surface area contributed by atoms with Gasteiger partial charge >= 0.3 is 0 Å². The van der Waals surface area contributed by atoms with Crippen molar-refractivity contribution in [3.05, 3.63) is 14.3 Å². The Morgan fingerprint density at radius 1 is 1.22 bits per heavy atom. The predicted octanol–water partition coefficient (Wildman–Crippen LogP) is 4.20. The third-order valence-corrected chi connectivity index (χ3v) is 10.2. The average Bonchev–Trinajstić information content (AvgIpc) is 3.07. The number of hydrogen-bond acceptors (Lipinski definition) is 4. The molecule has 1 N–H and O–H groups in total. The molecule has 0 aromatic carbocycles. The molecule has 23 heavy (non-hydrogen) atoms. The van der Waals surface area contributed by atoms with Crippen LogP contribution in [-0.4, -0.2) is 38.5 Å². The first-order valence-corrected chi connectivity index (χ1v) is 11.9. The SMILES string of the molecule is CC1CCN([C@H]2CC[C@@H](NS(=O)(=O)c3cc(Br)c(Br)s3)C2)CC1. The summed E-state index contributed by atoms with van der Waals surface area (Å²) < 4.78 is 29.9. The number of thiophene rings is 1. The van der Waals surface area contributed by atoms with Crippen LogP contribution in [0.4, 0.5) is 0 Å². The van der Waals surface area contributed by atoms with Gasteiger partial charge in [0.05, 0.1) is 3.79 Å². The zero-order chi connectivity index (χ0) is 16.6. The van der Waals surface area contributed by atoms with E-state index in [1.165, 1.54) is 24.2 Å². The summed E-state index contributed by atoms with van der Waals surface area (Å²) in [5.41, 5.74) is 0. The van der Waals surface area contributed by atoms with Crippen molar-refractivity contribution in [3.63, 3.8) is 0 Å². The van der Waals surface area contributed by atoms with Crippen molar-refractivity contribution in [1.29, 1.82) is 0 Å². The third-order valence-electron chi connectivity index (χ3n) is 4.95. The highest BCUT2D eigenvalue weighted by Gasteiger charge is 2.33. The fourth-order valence-corrected chi connectivity index (χ4v) is 7.65. The third kappa shape index (κ3) is 4.39. The molecule has 0 bridgehead atoms. The maximum atomic E-state index is 12.5. The van der Waals surface area contributed by atoms with Crippen LogP contribution in [0.3, 0.4) is 0 Å². The Morgan fingerprint density at radius 3 is 2.52 bits per heavy atom. The lowest BCUT2D eigenvalue weighted by molar-refractivity contribution is 0.139. The number of hydrogen-bond donors (Lipinski definition) is 1. The van der Waals surface area contributed by atoms with Crippen molar-refractivity contribution >= 4 is 53.2 Å². The van der Waals surface area contributed by atoms with Gasteiger partial charge in [0.25, 0.3) is 0 Å². The fraction of sp³-hybridized carbons (Fsp3) is 0.733. The van der Waals surface area contributed by atoms with Crippen LogP contribution in [0.25, 0.3) is 0 Å². The quantitative estimate of drug-likeness (QED) is 0.694. The van der Waals surface area contributed by atoms with E-state index in [0.717, 1.165) is 46.5 Å². The molecule has 2 aliphatic rings.